The average Bonchev–Trinajstić information content (AvgIpc) is 3.18. The topological polar surface area (TPSA) is 61.9 Å². The summed E-state index contributed by atoms with van der Waals surface area (Å²) in [5, 5.41) is 3.05. The molecule has 3 atom stereocenters. The number of hydrogen-bond donors (Lipinski definition) is 1. The number of rotatable bonds is 4. The number of hydrogen-bond acceptors (Lipinski definition) is 4. The number of ether oxygens (including phenoxy) is 1. The summed E-state index contributed by atoms with van der Waals surface area (Å²) in [5.41, 5.74) is 1.34. The Labute approximate surface area is 161 Å². The van der Waals surface area contributed by atoms with Crippen molar-refractivity contribution in [3.8, 4) is 0 Å². The molecule has 1 aromatic carbocycles. The van der Waals surface area contributed by atoms with Crippen LogP contribution in [0.15, 0.2) is 24.3 Å². The summed E-state index contributed by atoms with van der Waals surface area (Å²) in [6.45, 7) is 8.59. The summed E-state index contributed by atoms with van der Waals surface area (Å²) in [5.74, 6) is -0.184. The van der Waals surface area contributed by atoms with Crippen molar-refractivity contribution in [3.05, 3.63) is 24.3 Å². The van der Waals surface area contributed by atoms with Gasteiger partial charge in [-0.2, -0.15) is 0 Å². The molecule has 2 aliphatic rings. The fourth-order valence-corrected chi connectivity index (χ4v) is 4.11. The van der Waals surface area contributed by atoms with Crippen LogP contribution in [-0.4, -0.2) is 48.2 Å². The third-order valence-corrected chi connectivity index (χ3v) is 5.51. The predicted octanol–water partition coefficient (Wildman–Crippen LogP) is 3.87. The molecule has 2 amide bonds. The highest BCUT2D eigenvalue weighted by Gasteiger charge is 2.52. The summed E-state index contributed by atoms with van der Waals surface area (Å²) in [7, 11) is 2.02. The number of nitrogens with zero attached hydrogens (tertiary/aromatic N) is 2. The van der Waals surface area contributed by atoms with Gasteiger partial charge in [0, 0.05) is 37.1 Å². The third-order valence-electron chi connectivity index (χ3n) is 5.51. The first kappa shape index (κ1) is 19.5. The van der Waals surface area contributed by atoms with Crippen molar-refractivity contribution in [2.75, 3.05) is 23.8 Å². The molecular formula is C21H31N3O3. The molecule has 2 aliphatic heterocycles. The number of carbonyl (C=O) groups excluding carboxylic acids is 2. The second-order valence-corrected chi connectivity index (χ2v) is 8.58. The van der Waals surface area contributed by atoms with Crippen LogP contribution in [0.5, 0.6) is 0 Å². The Hall–Kier alpha value is -2.24. The summed E-state index contributed by atoms with van der Waals surface area (Å²) in [4.78, 5) is 29.4. The first-order valence-corrected chi connectivity index (χ1v) is 9.83. The van der Waals surface area contributed by atoms with Gasteiger partial charge in [0.05, 0.1) is 5.92 Å². The molecule has 27 heavy (non-hydrogen) atoms. The number of carbonyl (C=O) groups is 2. The molecule has 6 heteroatoms. The van der Waals surface area contributed by atoms with E-state index >= 15 is 0 Å². The van der Waals surface area contributed by atoms with Gasteiger partial charge < -0.3 is 19.9 Å². The lowest BCUT2D eigenvalue weighted by atomic mass is 9.88. The zero-order valence-electron chi connectivity index (χ0n) is 17.0. The van der Waals surface area contributed by atoms with E-state index in [1.54, 1.807) is 4.90 Å². The van der Waals surface area contributed by atoms with Crippen molar-refractivity contribution in [3.63, 3.8) is 0 Å². The summed E-state index contributed by atoms with van der Waals surface area (Å²) in [6.07, 6.45) is 2.23. The molecule has 148 valence electrons. The Morgan fingerprint density at radius 3 is 2.70 bits per heavy atom. The Balaban J connectivity index is 1.68. The maximum atomic E-state index is 12.9. The van der Waals surface area contributed by atoms with Crippen molar-refractivity contribution in [1.29, 1.82) is 0 Å². The molecule has 0 aliphatic carbocycles. The van der Waals surface area contributed by atoms with Crippen molar-refractivity contribution >= 4 is 23.4 Å². The lowest BCUT2D eigenvalue weighted by molar-refractivity contribution is -0.120. The Morgan fingerprint density at radius 1 is 1.30 bits per heavy atom. The molecule has 0 radical (unpaired) electrons. The highest BCUT2D eigenvalue weighted by Crippen LogP contribution is 2.43. The van der Waals surface area contributed by atoms with Gasteiger partial charge in [-0.15, -0.1) is 0 Å². The average molecular weight is 373 g/mol. The van der Waals surface area contributed by atoms with Crippen molar-refractivity contribution in [2.24, 2.45) is 5.92 Å². The zero-order chi connectivity index (χ0) is 19.8. The molecule has 1 N–H and O–H groups in total. The van der Waals surface area contributed by atoms with Gasteiger partial charge in [0.15, 0.2) is 0 Å². The van der Waals surface area contributed by atoms with E-state index in [4.69, 9.17) is 4.74 Å². The van der Waals surface area contributed by atoms with Gasteiger partial charge in [0.1, 0.15) is 5.60 Å². The fourth-order valence-electron chi connectivity index (χ4n) is 4.11. The lowest BCUT2D eigenvalue weighted by Gasteiger charge is -2.28. The van der Waals surface area contributed by atoms with Crippen LogP contribution < -0.4 is 10.2 Å². The molecule has 2 bridgehead atoms. The van der Waals surface area contributed by atoms with E-state index in [0.29, 0.717) is 6.42 Å². The minimum absolute atomic E-state index is 0.00735. The van der Waals surface area contributed by atoms with Gasteiger partial charge in [0.25, 0.3) is 0 Å². The minimum atomic E-state index is -0.525. The molecule has 1 aromatic rings. The van der Waals surface area contributed by atoms with E-state index in [0.717, 1.165) is 30.8 Å². The van der Waals surface area contributed by atoms with Gasteiger partial charge in [-0.05, 0) is 65.2 Å². The molecule has 0 spiro atoms. The van der Waals surface area contributed by atoms with E-state index in [-0.39, 0.29) is 30.0 Å². The third kappa shape index (κ3) is 4.20. The number of nitrogens with one attached hydrogen (secondary N) is 1. The van der Waals surface area contributed by atoms with E-state index in [1.165, 1.54) is 0 Å². The summed E-state index contributed by atoms with van der Waals surface area (Å²) >= 11 is 0. The Kier molecular flexibility index (Phi) is 5.36. The molecule has 2 saturated heterocycles. The van der Waals surface area contributed by atoms with Crippen LogP contribution in [-0.2, 0) is 9.53 Å². The van der Waals surface area contributed by atoms with Crippen molar-refractivity contribution < 1.29 is 14.3 Å². The number of anilines is 2. The molecule has 3 unspecified atom stereocenters. The van der Waals surface area contributed by atoms with Gasteiger partial charge >= 0.3 is 6.09 Å². The van der Waals surface area contributed by atoms with Crippen molar-refractivity contribution in [1.82, 2.24) is 4.90 Å². The van der Waals surface area contributed by atoms with Gasteiger partial charge in [-0.25, -0.2) is 4.79 Å². The van der Waals surface area contributed by atoms with Crippen LogP contribution in [0.1, 0.15) is 47.0 Å². The first-order chi connectivity index (χ1) is 12.7. The number of amides is 2. The van der Waals surface area contributed by atoms with E-state index in [9.17, 15) is 9.59 Å². The monoisotopic (exact) mass is 373 g/mol. The van der Waals surface area contributed by atoms with Crippen LogP contribution >= 0.6 is 0 Å². The maximum absolute atomic E-state index is 12.9. The predicted molar refractivity (Wildman–Crippen MR) is 107 cm³/mol. The molecular weight excluding hydrogens is 342 g/mol. The van der Waals surface area contributed by atoms with Crippen LogP contribution in [0, 0.1) is 5.92 Å². The molecule has 6 nitrogen and oxygen atoms in total. The number of benzene rings is 1. The van der Waals surface area contributed by atoms with Gasteiger partial charge in [0.2, 0.25) is 5.91 Å². The Morgan fingerprint density at radius 2 is 2.04 bits per heavy atom. The SMILES string of the molecule is CCN(C)c1cccc(NC(=O)C2CC3CCC2N3C(=O)OC(C)(C)C)c1. The minimum Gasteiger partial charge on any atom is -0.444 e. The summed E-state index contributed by atoms with van der Waals surface area (Å²) < 4.78 is 5.55. The van der Waals surface area contributed by atoms with Gasteiger partial charge in [-0.3, -0.25) is 4.79 Å². The highest BCUT2D eigenvalue weighted by atomic mass is 16.6. The molecule has 0 saturated carbocycles. The van der Waals surface area contributed by atoms with E-state index in [1.807, 2.05) is 52.1 Å². The van der Waals surface area contributed by atoms with Crippen LogP contribution in [0.4, 0.5) is 16.2 Å². The first-order valence-electron chi connectivity index (χ1n) is 9.83. The summed E-state index contributed by atoms with van der Waals surface area (Å²) in [6, 6.07) is 7.92. The van der Waals surface area contributed by atoms with Crippen molar-refractivity contribution in [2.45, 2.75) is 64.6 Å². The smallest absolute Gasteiger partial charge is 0.410 e. The standard InChI is InChI=1S/C21H31N3O3/c1-6-23(5)15-9-7-8-14(12-15)22-19(25)17-13-16-10-11-18(17)24(16)20(26)27-21(2,3)4/h7-9,12,16-18H,6,10-11,13H2,1-5H3,(H,22,25). The molecule has 0 aromatic heterocycles. The molecule has 2 fully saturated rings. The van der Waals surface area contributed by atoms with Crippen LogP contribution in [0.3, 0.4) is 0 Å². The Bertz CT molecular complexity index is 713. The fraction of sp³-hybridized carbons (Fsp3) is 0.619. The highest BCUT2D eigenvalue weighted by molar-refractivity contribution is 5.94. The maximum Gasteiger partial charge on any atom is 0.410 e. The molecule has 3 rings (SSSR count). The lowest BCUT2D eigenvalue weighted by Crippen LogP contribution is -2.42. The van der Waals surface area contributed by atoms with Gasteiger partial charge in [-0.1, -0.05) is 6.07 Å². The van der Waals surface area contributed by atoms with E-state index in [2.05, 4.69) is 17.1 Å². The molecule has 2 heterocycles. The zero-order valence-corrected chi connectivity index (χ0v) is 17.0. The van der Waals surface area contributed by atoms with Crippen LogP contribution in [0.25, 0.3) is 0 Å². The van der Waals surface area contributed by atoms with E-state index < -0.39 is 5.60 Å². The van der Waals surface area contributed by atoms with Crippen LogP contribution in [0.2, 0.25) is 0 Å². The second kappa shape index (κ2) is 7.41. The second-order valence-electron chi connectivity index (χ2n) is 8.58. The normalized spacial score (nSPS) is 24.0. The quantitative estimate of drug-likeness (QED) is 0.870. The largest absolute Gasteiger partial charge is 0.444 e. The number of fused-ring (bicyclic) bond motifs is 2.